The van der Waals surface area contributed by atoms with Crippen LogP contribution in [0.25, 0.3) is 44.7 Å². The van der Waals surface area contributed by atoms with Gasteiger partial charge in [0.25, 0.3) is 0 Å². The Morgan fingerprint density at radius 1 is 0.639 bits per heavy atom. The molecule has 1 aliphatic rings. The number of hydrogen-bond donors (Lipinski definition) is 0. The van der Waals surface area contributed by atoms with Gasteiger partial charge in [-0.25, -0.2) is 9.97 Å². The lowest BCUT2D eigenvalue weighted by molar-refractivity contribution is 0.667. The highest BCUT2D eigenvalue weighted by Gasteiger charge is 2.35. The Hall–Kier alpha value is -4.57. The first-order chi connectivity index (χ1) is 17.6. The van der Waals surface area contributed by atoms with Gasteiger partial charge in [-0.1, -0.05) is 98.8 Å². The first kappa shape index (κ1) is 20.8. The Bertz CT molecular complexity index is 1800. The van der Waals surface area contributed by atoms with Crippen molar-refractivity contribution in [2.75, 3.05) is 0 Å². The predicted octanol–water partition coefficient (Wildman–Crippen LogP) is 8.12. The fraction of sp³-hybridized carbons (Fsp3) is 0.0938. The summed E-state index contributed by atoms with van der Waals surface area (Å²) in [5.74, 6) is 0.676. The molecule has 0 unspecified atom stereocenters. The zero-order valence-corrected chi connectivity index (χ0v) is 20.1. The van der Waals surface area contributed by atoms with Crippen molar-refractivity contribution in [3.8, 4) is 22.6 Å². The molecule has 172 valence electrons. The van der Waals surface area contributed by atoms with Gasteiger partial charge in [-0.05, 0) is 29.3 Å². The van der Waals surface area contributed by atoms with E-state index in [1.165, 1.54) is 5.56 Å². The molecule has 6 aromatic rings. The van der Waals surface area contributed by atoms with Crippen LogP contribution in [0.3, 0.4) is 0 Å². The van der Waals surface area contributed by atoms with Gasteiger partial charge < -0.3 is 4.42 Å². The normalized spacial score (nSPS) is 14.2. The van der Waals surface area contributed by atoms with E-state index < -0.39 is 0 Å². The largest absolute Gasteiger partial charge is 0.452 e. The summed E-state index contributed by atoms with van der Waals surface area (Å²) in [4.78, 5) is 14.9. The summed E-state index contributed by atoms with van der Waals surface area (Å²) in [5, 5.41) is 0.991. The molecule has 0 amide bonds. The van der Waals surface area contributed by atoms with Crippen LogP contribution in [0.2, 0.25) is 0 Å². The molecule has 4 aromatic carbocycles. The number of benzene rings is 4. The van der Waals surface area contributed by atoms with Gasteiger partial charge in [-0.2, -0.15) is 0 Å². The van der Waals surface area contributed by atoms with Crippen LogP contribution in [-0.2, 0) is 5.41 Å². The number of hydrogen-bond acceptors (Lipinski definition) is 4. The van der Waals surface area contributed by atoms with Crippen molar-refractivity contribution in [3.63, 3.8) is 0 Å². The van der Waals surface area contributed by atoms with Gasteiger partial charge in [0.2, 0.25) is 0 Å². The molecule has 0 aliphatic carbocycles. The van der Waals surface area contributed by atoms with Crippen LogP contribution >= 0.6 is 0 Å². The number of nitrogens with zero attached hydrogens (tertiary/aromatic N) is 3. The third kappa shape index (κ3) is 3.11. The van der Waals surface area contributed by atoms with Gasteiger partial charge in [0.15, 0.2) is 11.4 Å². The summed E-state index contributed by atoms with van der Waals surface area (Å²) in [6.07, 6.45) is 0. The Kier molecular flexibility index (Phi) is 4.45. The summed E-state index contributed by atoms with van der Waals surface area (Å²) in [5.41, 5.74) is 9.46. The molecule has 2 aromatic heterocycles. The second kappa shape index (κ2) is 7.72. The highest BCUT2D eigenvalue weighted by molar-refractivity contribution is 6.12. The lowest BCUT2D eigenvalue weighted by atomic mass is 9.79. The molecule has 3 heterocycles. The first-order valence-electron chi connectivity index (χ1n) is 12.1. The molecule has 0 saturated carbocycles. The second-order valence-corrected chi connectivity index (χ2v) is 9.72. The van der Waals surface area contributed by atoms with Crippen LogP contribution in [-0.4, -0.2) is 15.7 Å². The van der Waals surface area contributed by atoms with E-state index in [9.17, 15) is 0 Å². The summed E-state index contributed by atoms with van der Waals surface area (Å²) in [7, 11) is 0. The predicted molar refractivity (Wildman–Crippen MR) is 146 cm³/mol. The SMILES string of the molecule is CC1(C)C(c2ccc(-c3nc(-c4ccccc4)c4oc5ccccc5c4n3)cc2)=Nc2ccccc21. The molecule has 4 heteroatoms. The van der Waals surface area contributed by atoms with Gasteiger partial charge in [-0.15, -0.1) is 0 Å². The zero-order valence-electron chi connectivity index (χ0n) is 20.1. The number of fused-ring (bicyclic) bond motifs is 4. The maximum Gasteiger partial charge on any atom is 0.180 e. The molecule has 0 saturated heterocycles. The molecule has 4 nitrogen and oxygen atoms in total. The van der Waals surface area contributed by atoms with Crippen LogP contribution < -0.4 is 0 Å². The number of furan rings is 1. The van der Waals surface area contributed by atoms with Crippen LogP contribution in [0.15, 0.2) is 113 Å². The second-order valence-electron chi connectivity index (χ2n) is 9.72. The summed E-state index contributed by atoms with van der Waals surface area (Å²) in [6, 6.07) is 35.0. The van der Waals surface area contributed by atoms with Crippen molar-refractivity contribution in [1.29, 1.82) is 0 Å². The summed E-state index contributed by atoms with van der Waals surface area (Å²) < 4.78 is 6.23. The lowest BCUT2D eigenvalue weighted by Gasteiger charge is -2.22. The molecule has 0 spiro atoms. The van der Waals surface area contributed by atoms with Crippen molar-refractivity contribution in [1.82, 2.24) is 9.97 Å². The maximum absolute atomic E-state index is 6.23. The Labute approximate surface area is 209 Å². The highest BCUT2D eigenvalue weighted by Crippen LogP contribution is 2.42. The van der Waals surface area contributed by atoms with E-state index in [4.69, 9.17) is 19.4 Å². The zero-order chi connectivity index (χ0) is 24.3. The van der Waals surface area contributed by atoms with E-state index in [-0.39, 0.29) is 5.41 Å². The van der Waals surface area contributed by atoms with E-state index >= 15 is 0 Å². The molecule has 0 fully saturated rings. The van der Waals surface area contributed by atoms with Gasteiger partial charge >= 0.3 is 0 Å². The highest BCUT2D eigenvalue weighted by atomic mass is 16.3. The molecule has 0 N–H and O–H groups in total. The fourth-order valence-electron chi connectivity index (χ4n) is 5.20. The number of aromatic nitrogens is 2. The van der Waals surface area contributed by atoms with Crippen LogP contribution in [0.4, 0.5) is 5.69 Å². The number of rotatable bonds is 3. The molecule has 1 aliphatic heterocycles. The van der Waals surface area contributed by atoms with Crippen LogP contribution in [0.1, 0.15) is 25.0 Å². The summed E-state index contributed by atoms with van der Waals surface area (Å²) >= 11 is 0. The molecular weight excluding hydrogens is 442 g/mol. The quantitative estimate of drug-likeness (QED) is 0.265. The molecule has 0 atom stereocenters. The van der Waals surface area contributed by atoms with Crippen molar-refractivity contribution in [3.05, 3.63) is 114 Å². The van der Waals surface area contributed by atoms with Gasteiger partial charge in [0.05, 0.1) is 11.4 Å². The number of aliphatic imine (C=N–C) groups is 1. The molecular formula is C32H23N3O. The Balaban J connectivity index is 1.36. The Morgan fingerprint density at radius 3 is 2.14 bits per heavy atom. The van der Waals surface area contributed by atoms with Crippen LogP contribution in [0.5, 0.6) is 0 Å². The third-order valence-electron chi connectivity index (χ3n) is 7.09. The average Bonchev–Trinajstić information content (AvgIpc) is 3.43. The van der Waals surface area contributed by atoms with Crippen molar-refractivity contribution >= 4 is 33.5 Å². The summed E-state index contributed by atoms with van der Waals surface area (Å²) in [6.45, 7) is 4.47. The molecule has 0 radical (unpaired) electrons. The van der Waals surface area contributed by atoms with Gasteiger partial charge in [0, 0.05) is 21.9 Å². The van der Waals surface area contributed by atoms with Gasteiger partial charge in [0.1, 0.15) is 16.8 Å². The smallest absolute Gasteiger partial charge is 0.180 e. The maximum atomic E-state index is 6.23. The van der Waals surface area contributed by atoms with E-state index in [2.05, 4.69) is 68.4 Å². The van der Waals surface area contributed by atoms with Gasteiger partial charge in [-0.3, -0.25) is 4.99 Å². The monoisotopic (exact) mass is 465 g/mol. The first-order valence-corrected chi connectivity index (χ1v) is 12.1. The van der Waals surface area contributed by atoms with Crippen LogP contribution in [0, 0.1) is 0 Å². The minimum Gasteiger partial charge on any atom is -0.452 e. The van der Waals surface area contributed by atoms with Crippen molar-refractivity contribution < 1.29 is 4.42 Å². The lowest BCUT2D eigenvalue weighted by Crippen LogP contribution is -2.26. The van der Waals surface area contributed by atoms with E-state index in [0.717, 1.165) is 50.3 Å². The fourth-order valence-corrected chi connectivity index (χ4v) is 5.20. The molecule has 7 rings (SSSR count). The topological polar surface area (TPSA) is 51.3 Å². The third-order valence-corrected chi connectivity index (χ3v) is 7.09. The molecule has 36 heavy (non-hydrogen) atoms. The minimum atomic E-state index is -0.149. The van der Waals surface area contributed by atoms with E-state index in [1.807, 2.05) is 48.5 Å². The Morgan fingerprint density at radius 2 is 1.33 bits per heavy atom. The van der Waals surface area contributed by atoms with E-state index in [0.29, 0.717) is 11.4 Å². The number of para-hydroxylation sites is 2. The molecule has 0 bridgehead atoms. The van der Waals surface area contributed by atoms with E-state index in [1.54, 1.807) is 0 Å². The minimum absolute atomic E-state index is 0.149. The van der Waals surface area contributed by atoms with Crippen molar-refractivity contribution in [2.45, 2.75) is 19.3 Å². The standard InChI is InChI=1S/C32H23N3O/c1-32(2)24-13-7-8-14-25(24)33-30(32)21-16-18-22(19-17-21)31-34-27(20-10-4-3-5-11-20)29-28(35-31)23-12-6-9-15-26(23)36-29/h3-19H,1-2H3. The van der Waals surface area contributed by atoms with Crippen molar-refractivity contribution in [2.24, 2.45) is 4.99 Å². The average molecular weight is 466 g/mol.